The Bertz CT molecular complexity index is 473. The molecule has 0 radical (unpaired) electrons. The van der Waals surface area contributed by atoms with Gasteiger partial charge in [0.25, 0.3) is 0 Å². The Morgan fingerprint density at radius 1 is 1.06 bits per heavy atom. The molecule has 3 nitrogen and oxygen atoms in total. The number of rotatable bonds is 2. The van der Waals surface area contributed by atoms with Crippen molar-refractivity contribution in [2.24, 2.45) is 0 Å². The van der Waals surface area contributed by atoms with Gasteiger partial charge in [0, 0.05) is 43.0 Å². The zero-order chi connectivity index (χ0) is 11.5. The van der Waals surface area contributed by atoms with Crippen LogP contribution >= 0.6 is 0 Å². The number of benzene rings is 1. The molecule has 0 spiro atoms. The summed E-state index contributed by atoms with van der Waals surface area (Å²) in [6.07, 6.45) is 3.53. The van der Waals surface area contributed by atoms with Gasteiger partial charge >= 0.3 is 0 Å². The van der Waals surface area contributed by atoms with Crippen molar-refractivity contribution in [2.75, 3.05) is 31.1 Å². The Kier molecular flexibility index (Phi) is 2.84. The van der Waals surface area contributed by atoms with E-state index >= 15 is 0 Å². The molecule has 0 amide bonds. The fraction of sp³-hybridized carbons (Fsp3) is 0.286. The van der Waals surface area contributed by atoms with E-state index < -0.39 is 0 Å². The van der Waals surface area contributed by atoms with E-state index in [9.17, 15) is 0 Å². The molecule has 1 aromatic carbocycles. The third kappa shape index (κ3) is 2.06. The van der Waals surface area contributed by atoms with Crippen LogP contribution in [-0.2, 0) is 0 Å². The average molecular weight is 228 g/mol. The molecule has 1 aliphatic rings. The van der Waals surface area contributed by atoms with Gasteiger partial charge in [-0.05, 0) is 12.1 Å². The highest BCUT2D eigenvalue weighted by Crippen LogP contribution is 2.31. The minimum absolute atomic E-state index is 1.06. The molecule has 88 valence electrons. The van der Waals surface area contributed by atoms with Crippen LogP contribution < -0.4 is 10.2 Å². The van der Waals surface area contributed by atoms with E-state index in [-0.39, 0.29) is 0 Å². The highest BCUT2D eigenvalue weighted by atomic mass is 16.3. The lowest BCUT2D eigenvalue weighted by Gasteiger charge is -2.31. The van der Waals surface area contributed by atoms with Gasteiger partial charge in [-0.1, -0.05) is 18.2 Å². The molecule has 1 aliphatic heterocycles. The molecular weight excluding hydrogens is 212 g/mol. The molecular formula is C14H16N2O. The second kappa shape index (κ2) is 4.63. The zero-order valence-corrected chi connectivity index (χ0v) is 9.73. The molecule has 17 heavy (non-hydrogen) atoms. The summed E-state index contributed by atoms with van der Waals surface area (Å²) >= 11 is 0. The van der Waals surface area contributed by atoms with Crippen LogP contribution in [0.15, 0.2) is 47.3 Å². The van der Waals surface area contributed by atoms with Crippen molar-refractivity contribution in [2.45, 2.75) is 0 Å². The summed E-state index contributed by atoms with van der Waals surface area (Å²) < 4.78 is 5.18. The molecule has 1 N–H and O–H groups in total. The van der Waals surface area contributed by atoms with Crippen LogP contribution in [-0.4, -0.2) is 26.2 Å². The van der Waals surface area contributed by atoms with Crippen LogP contribution in [0.2, 0.25) is 0 Å². The van der Waals surface area contributed by atoms with E-state index in [2.05, 4.69) is 34.5 Å². The fourth-order valence-corrected chi connectivity index (χ4v) is 2.32. The maximum atomic E-state index is 5.18. The summed E-state index contributed by atoms with van der Waals surface area (Å²) in [4.78, 5) is 2.43. The van der Waals surface area contributed by atoms with Gasteiger partial charge in [0.05, 0.1) is 12.5 Å². The fourth-order valence-electron chi connectivity index (χ4n) is 2.32. The Hall–Kier alpha value is -1.74. The highest BCUT2D eigenvalue weighted by molar-refractivity contribution is 5.78. The third-order valence-electron chi connectivity index (χ3n) is 3.19. The SMILES string of the molecule is c1ccc(N2CCNCC2)c(-c2ccoc2)c1. The molecule has 1 fully saturated rings. The zero-order valence-electron chi connectivity index (χ0n) is 9.73. The number of hydrogen-bond acceptors (Lipinski definition) is 3. The van der Waals surface area contributed by atoms with Crippen molar-refractivity contribution < 1.29 is 4.42 Å². The first kappa shape index (κ1) is 10.4. The minimum atomic E-state index is 1.06. The monoisotopic (exact) mass is 228 g/mol. The van der Waals surface area contributed by atoms with Crippen LogP contribution in [0, 0.1) is 0 Å². The molecule has 2 heterocycles. The number of nitrogens with one attached hydrogen (secondary N) is 1. The Morgan fingerprint density at radius 2 is 1.88 bits per heavy atom. The van der Waals surface area contributed by atoms with Crippen molar-refractivity contribution in [1.82, 2.24) is 5.32 Å². The van der Waals surface area contributed by atoms with Gasteiger partial charge in [-0.3, -0.25) is 0 Å². The summed E-state index contributed by atoms with van der Waals surface area (Å²) in [5.41, 5.74) is 3.71. The second-order valence-corrected chi connectivity index (χ2v) is 4.27. The van der Waals surface area contributed by atoms with Crippen molar-refractivity contribution in [3.63, 3.8) is 0 Å². The van der Waals surface area contributed by atoms with Gasteiger partial charge in [-0.15, -0.1) is 0 Å². The lowest BCUT2D eigenvalue weighted by atomic mass is 10.1. The maximum absolute atomic E-state index is 5.18. The minimum Gasteiger partial charge on any atom is -0.472 e. The first-order valence-electron chi connectivity index (χ1n) is 6.02. The van der Waals surface area contributed by atoms with Crippen molar-refractivity contribution in [1.29, 1.82) is 0 Å². The lowest BCUT2D eigenvalue weighted by molar-refractivity contribution is 0.568. The van der Waals surface area contributed by atoms with Crippen LogP contribution in [0.5, 0.6) is 0 Å². The van der Waals surface area contributed by atoms with E-state index in [1.54, 1.807) is 12.5 Å². The van der Waals surface area contributed by atoms with Gasteiger partial charge in [-0.2, -0.15) is 0 Å². The number of hydrogen-bond donors (Lipinski definition) is 1. The van der Waals surface area contributed by atoms with Crippen LogP contribution in [0.1, 0.15) is 0 Å². The van der Waals surface area contributed by atoms with Gasteiger partial charge < -0.3 is 14.6 Å². The van der Waals surface area contributed by atoms with Gasteiger partial charge in [0.2, 0.25) is 0 Å². The first-order chi connectivity index (χ1) is 8.45. The molecule has 3 rings (SSSR count). The third-order valence-corrected chi connectivity index (χ3v) is 3.19. The van der Waals surface area contributed by atoms with E-state index in [0.29, 0.717) is 0 Å². The smallest absolute Gasteiger partial charge is 0.0981 e. The quantitative estimate of drug-likeness (QED) is 0.855. The average Bonchev–Trinajstić information content (AvgIpc) is 2.94. The molecule has 0 bridgehead atoms. The summed E-state index contributed by atoms with van der Waals surface area (Å²) in [5, 5.41) is 3.38. The summed E-state index contributed by atoms with van der Waals surface area (Å²) in [6.45, 7) is 4.24. The maximum Gasteiger partial charge on any atom is 0.0981 e. The van der Waals surface area contributed by atoms with Gasteiger partial charge in [0.1, 0.15) is 0 Å². The van der Waals surface area contributed by atoms with Crippen LogP contribution in [0.25, 0.3) is 11.1 Å². The van der Waals surface area contributed by atoms with Gasteiger partial charge in [0.15, 0.2) is 0 Å². The second-order valence-electron chi connectivity index (χ2n) is 4.27. The Morgan fingerprint density at radius 3 is 2.65 bits per heavy atom. The van der Waals surface area contributed by atoms with Crippen LogP contribution in [0.4, 0.5) is 5.69 Å². The number of para-hydroxylation sites is 1. The summed E-state index contributed by atoms with van der Waals surface area (Å²) in [5.74, 6) is 0. The number of nitrogens with zero attached hydrogens (tertiary/aromatic N) is 1. The van der Waals surface area contributed by atoms with Crippen LogP contribution in [0.3, 0.4) is 0 Å². The number of piperazine rings is 1. The molecule has 0 aliphatic carbocycles. The summed E-state index contributed by atoms with van der Waals surface area (Å²) in [6, 6.07) is 10.5. The number of anilines is 1. The van der Waals surface area contributed by atoms with E-state index in [4.69, 9.17) is 4.42 Å². The van der Waals surface area contributed by atoms with Crippen molar-refractivity contribution >= 4 is 5.69 Å². The molecule has 1 saturated heterocycles. The molecule has 3 heteroatoms. The predicted octanol–water partition coefficient (Wildman–Crippen LogP) is 2.36. The highest BCUT2D eigenvalue weighted by Gasteiger charge is 2.14. The van der Waals surface area contributed by atoms with E-state index in [1.165, 1.54) is 11.3 Å². The normalized spacial score (nSPS) is 16.1. The molecule has 2 aromatic rings. The standard InChI is InChI=1S/C14H16N2O/c1-2-4-14(16-8-6-15-7-9-16)13(3-1)12-5-10-17-11-12/h1-5,10-11,15H,6-9H2. The lowest BCUT2D eigenvalue weighted by Crippen LogP contribution is -2.43. The topological polar surface area (TPSA) is 28.4 Å². The van der Waals surface area contributed by atoms with Gasteiger partial charge in [-0.25, -0.2) is 0 Å². The molecule has 0 atom stereocenters. The van der Waals surface area contributed by atoms with Crippen molar-refractivity contribution in [3.8, 4) is 11.1 Å². The molecule has 0 unspecified atom stereocenters. The van der Waals surface area contributed by atoms with E-state index in [1.807, 2.05) is 6.07 Å². The predicted molar refractivity (Wildman–Crippen MR) is 69.2 cm³/mol. The molecule has 1 aromatic heterocycles. The van der Waals surface area contributed by atoms with E-state index in [0.717, 1.165) is 31.7 Å². The van der Waals surface area contributed by atoms with Crippen molar-refractivity contribution in [3.05, 3.63) is 42.9 Å². The number of furan rings is 1. The summed E-state index contributed by atoms with van der Waals surface area (Å²) in [7, 11) is 0. The Labute approximate surface area is 101 Å². The molecule has 0 saturated carbocycles. The largest absolute Gasteiger partial charge is 0.472 e. The Balaban J connectivity index is 1.98. The first-order valence-corrected chi connectivity index (χ1v) is 6.02.